The molecule has 24 heavy (non-hydrogen) atoms. The molecule has 0 aliphatic carbocycles. The Kier molecular flexibility index (Phi) is 10.3. The van der Waals surface area contributed by atoms with E-state index in [0.717, 1.165) is 11.0 Å². The van der Waals surface area contributed by atoms with Crippen LogP contribution in [0.1, 0.15) is 0 Å². The Morgan fingerprint density at radius 1 is 1.33 bits per heavy atom. The minimum absolute atomic E-state index is 0.0520. The van der Waals surface area contributed by atoms with E-state index in [1.807, 2.05) is 30.3 Å². The smallest absolute Gasteiger partial charge is 0.407 e. The molecule has 0 aliphatic rings. The van der Waals surface area contributed by atoms with Crippen molar-refractivity contribution in [2.45, 2.75) is 11.0 Å². The van der Waals surface area contributed by atoms with Crippen LogP contribution in [0, 0.1) is 0 Å². The van der Waals surface area contributed by atoms with Gasteiger partial charge in [0.2, 0.25) is 0 Å². The Labute approximate surface area is 145 Å². The quantitative estimate of drug-likeness (QED) is 0.206. The second-order valence-electron chi connectivity index (χ2n) is 4.46. The zero-order valence-corrected chi connectivity index (χ0v) is 14.3. The summed E-state index contributed by atoms with van der Waals surface area (Å²) in [7, 11) is 1.63. The van der Waals surface area contributed by atoms with E-state index in [1.165, 1.54) is 0 Å². The highest BCUT2D eigenvalue weighted by Gasteiger charge is 2.15. The molecule has 0 spiro atoms. The van der Waals surface area contributed by atoms with E-state index in [1.54, 1.807) is 18.8 Å². The molecule has 2 N–H and O–H groups in total. The standard InChI is InChI=1S/C16H22N2O5S/c1-3-15(19)21-10-9-18-16(20)23-13(11-22-17-2)12-24-14-7-5-4-6-8-14/h3-8,13,17H,1,9-12H2,2H3,(H,18,20). The van der Waals surface area contributed by atoms with Crippen molar-refractivity contribution in [3.8, 4) is 0 Å². The van der Waals surface area contributed by atoms with Crippen LogP contribution in [0.15, 0.2) is 47.9 Å². The second kappa shape index (κ2) is 12.4. The molecule has 7 nitrogen and oxygen atoms in total. The van der Waals surface area contributed by atoms with Crippen molar-refractivity contribution in [3.05, 3.63) is 43.0 Å². The molecule has 0 aromatic heterocycles. The molecule has 8 heteroatoms. The van der Waals surface area contributed by atoms with Gasteiger partial charge in [-0.15, -0.1) is 11.8 Å². The number of hydrogen-bond donors (Lipinski definition) is 2. The molecule has 1 amide bonds. The largest absolute Gasteiger partial charge is 0.461 e. The summed E-state index contributed by atoms with van der Waals surface area (Å²) < 4.78 is 10.1. The van der Waals surface area contributed by atoms with Crippen LogP contribution in [0.2, 0.25) is 0 Å². The lowest BCUT2D eigenvalue weighted by Crippen LogP contribution is -2.35. The fourth-order valence-electron chi connectivity index (χ4n) is 1.56. The summed E-state index contributed by atoms with van der Waals surface area (Å²) in [5.41, 5.74) is 2.55. The molecule has 1 unspecified atom stereocenters. The van der Waals surface area contributed by atoms with Crippen LogP contribution in [0.5, 0.6) is 0 Å². The maximum atomic E-state index is 11.8. The van der Waals surface area contributed by atoms with E-state index in [0.29, 0.717) is 5.75 Å². The fourth-order valence-corrected chi connectivity index (χ4v) is 2.45. The normalized spacial score (nSPS) is 11.4. The van der Waals surface area contributed by atoms with Gasteiger partial charge in [0.15, 0.2) is 0 Å². The second-order valence-corrected chi connectivity index (χ2v) is 5.56. The van der Waals surface area contributed by atoms with Crippen LogP contribution < -0.4 is 10.8 Å². The molecule has 0 aliphatic heterocycles. The summed E-state index contributed by atoms with van der Waals surface area (Å²) in [4.78, 5) is 28.8. The summed E-state index contributed by atoms with van der Waals surface area (Å²) in [6.07, 6.45) is 0.0333. The molecule has 0 saturated heterocycles. The van der Waals surface area contributed by atoms with Crippen molar-refractivity contribution in [1.29, 1.82) is 0 Å². The molecular formula is C16H22N2O5S. The van der Waals surface area contributed by atoms with Crippen LogP contribution >= 0.6 is 11.8 Å². The van der Waals surface area contributed by atoms with Crippen molar-refractivity contribution < 1.29 is 23.9 Å². The van der Waals surface area contributed by atoms with E-state index >= 15 is 0 Å². The predicted octanol–water partition coefficient (Wildman–Crippen LogP) is 1.75. The van der Waals surface area contributed by atoms with Crippen molar-refractivity contribution in [3.63, 3.8) is 0 Å². The maximum absolute atomic E-state index is 11.8. The molecule has 0 saturated carbocycles. The number of esters is 1. The van der Waals surface area contributed by atoms with Crippen LogP contribution in [0.25, 0.3) is 0 Å². The highest BCUT2D eigenvalue weighted by Crippen LogP contribution is 2.19. The Bertz CT molecular complexity index is 512. The number of hydroxylamine groups is 1. The van der Waals surface area contributed by atoms with Crippen LogP contribution in [0.3, 0.4) is 0 Å². The minimum Gasteiger partial charge on any atom is -0.461 e. The number of amides is 1. The number of carbonyl (C=O) groups is 2. The number of thioether (sulfide) groups is 1. The van der Waals surface area contributed by atoms with Gasteiger partial charge in [-0.2, -0.15) is 0 Å². The first-order valence-electron chi connectivity index (χ1n) is 7.35. The van der Waals surface area contributed by atoms with E-state index in [2.05, 4.69) is 17.4 Å². The van der Waals surface area contributed by atoms with Gasteiger partial charge in [-0.3, -0.25) is 4.84 Å². The fraction of sp³-hybridized carbons (Fsp3) is 0.375. The molecule has 0 fully saturated rings. The molecule has 1 rings (SSSR count). The summed E-state index contributed by atoms with van der Waals surface area (Å²) in [5, 5.41) is 2.51. The zero-order valence-electron chi connectivity index (χ0n) is 13.5. The van der Waals surface area contributed by atoms with Gasteiger partial charge in [0, 0.05) is 23.8 Å². The van der Waals surface area contributed by atoms with Gasteiger partial charge in [0.25, 0.3) is 0 Å². The lowest BCUT2D eigenvalue weighted by molar-refractivity contribution is -0.137. The van der Waals surface area contributed by atoms with E-state index in [4.69, 9.17) is 14.3 Å². The average Bonchev–Trinajstić information content (AvgIpc) is 2.61. The number of nitrogens with one attached hydrogen (secondary N) is 2. The lowest BCUT2D eigenvalue weighted by atomic mass is 10.4. The number of benzene rings is 1. The van der Waals surface area contributed by atoms with Crippen molar-refractivity contribution in [2.24, 2.45) is 0 Å². The first-order valence-corrected chi connectivity index (χ1v) is 8.34. The first-order chi connectivity index (χ1) is 11.7. The average molecular weight is 354 g/mol. The molecule has 132 valence electrons. The topological polar surface area (TPSA) is 85.9 Å². The number of carbonyl (C=O) groups excluding carboxylic acids is 2. The molecule has 0 radical (unpaired) electrons. The van der Waals surface area contributed by atoms with Gasteiger partial charge in [-0.05, 0) is 12.1 Å². The zero-order chi connectivity index (χ0) is 17.6. The Morgan fingerprint density at radius 2 is 2.08 bits per heavy atom. The third-order valence-electron chi connectivity index (χ3n) is 2.65. The summed E-state index contributed by atoms with van der Waals surface area (Å²) in [6, 6.07) is 9.79. The Morgan fingerprint density at radius 3 is 2.75 bits per heavy atom. The molecule has 1 atom stereocenters. The first kappa shape index (κ1) is 20.0. The molecule has 1 aromatic carbocycles. The van der Waals surface area contributed by atoms with E-state index in [9.17, 15) is 9.59 Å². The van der Waals surface area contributed by atoms with Gasteiger partial charge in [0.1, 0.15) is 19.3 Å². The SMILES string of the molecule is C=CC(=O)OCCNC(=O)OC(CONC)CSc1ccccc1. The molecular weight excluding hydrogens is 332 g/mol. The van der Waals surface area contributed by atoms with Crippen LogP contribution in [-0.2, 0) is 19.1 Å². The van der Waals surface area contributed by atoms with Gasteiger partial charge in [-0.25, -0.2) is 15.1 Å². The van der Waals surface area contributed by atoms with Gasteiger partial charge in [0.05, 0.1) is 6.54 Å². The molecule has 0 bridgehead atoms. The number of alkyl carbamates (subject to hydrolysis) is 1. The monoisotopic (exact) mass is 354 g/mol. The number of ether oxygens (including phenoxy) is 2. The minimum atomic E-state index is -0.594. The summed E-state index contributed by atoms with van der Waals surface area (Å²) in [5.74, 6) is 0.00890. The van der Waals surface area contributed by atoms with Crippen LogP contribution in [-0.4, -0.2) is 50.7 Å². The van der Waals surface area contributed by atoms with E-state index < -0.39 is 18.2 Å². The summed E-state index contributed by atoms with van der Waals surface area (Å²) >= 11 is 1.56. The molecule has 1 aromatic rings. The third kappa shape index (κ3) is 9.19. The van der Waals surface area contributed by atoms with Crippen molar-refractivity contribution in [1.82, 2.24) is 10.8 Å². The molecule has 0 heterocycles. The Balaban J connectivity index is 2.33. The highest BCUT2D eigenvalue weighted by atomic mass is 32.2. The van der Waals surface area contributed by atoms with Gasteiger partial charge in [-0.1, -0.05) is 24.8 Å². The number of rotatable bonds is 11. The van der Waals surface area contributed by atoms with Gasteiger partial charge < -0.3 is 14.8 Å². The van der Waals surface area contributed by atoms with Crippen molar-refractivity contribution >= 4 is 23.8 Å². The van der Waals surface area contributed by atoms with Crippen LogP contribution in [0.4, 0.5) is 4.79 Å². The lowest BCUT2D eigenvalue weighted by Gasteiger charge is -2.17. The van der Waals surface area contributed by atoms with E-state index in [-0.39, 0.29) is 19.8 Å². The summed E-state index contributed by atoms with van der Waals surface area (Å²) in [6.45, 7) is 3.71. The van der Waals surface area contributed by atoms with Crippen molar-refractivity contribution in [2.75, 3.05) is 32.6 Å². The maximum Gasteiger partial charge on any atom is 0.407 e. The third-order valence-corrected chi connectivity index (χ3v) is 3.79. The highest BCUT2D eigenvalue weighted by molar-refractivity contribution is 7.99. The Hall–Kier alpha value is -2.03. The number of hydrogen-bond acceptors (Lipinski definition) is 7. The predicted molar refractivity (Wildman–Crippen MR) is 91.6 cm³/mol. The van der Waals surface area contributed by atoms with Gasteiger partial charge >= 0.3 is 12.1 Å².